The van der Waals surface area contributed by atoms with Crippen molar-refractivity contribution in [1.82, 2.24) is 20.1 Å². The van der Waals surface area contributed by atoms with E-state index in [1.54, 1.807) is 21.3 Å². The Morgan fingerprint density at radius 3 is 2.60 bits per heavy atom. The normalized spacial score (nSPS) is 11.6. The number of rotatable bonds is 8. The minimum atomic E-state index is -2.56. The Bertz CT molecular complexity index is 419. The number of hydrogen-bond donors (Lipinski definition) is 1. The molecule has 0 aliphatic heterocycles. The Balaban J connectivity index is 2.39. The molecule has 0 bridgehead atoms. The molecule has 1 aromatic heterocycles. The van der Waals surface area contributed by atoms with Crippen molar-refractivity contribution in [3.8, 4) is 0 Å². The van der Waals surface area contributed by atoms with Crippen molar-refractivity contribution in [3.05, 3.63) is 6.33 Å². The van der Waals surface area contributed by atoms with E-state index in [1.165, 1.54) is 22.8 Å². The molecule has 114 valence electrons. The van der Waals surface area contributed by atoms with Gasteiger partial charge < -0.3 is 18.6 Å². The van der Waals surface area contributed by atoms with Gasteiger partial charge in [0, 0.05) is 33.9 Å². The number of carbonyl (C=O) groups excluding carboxylic acids is 1. The molecule has 0 aromatic carbocycles. The number of nitrogens with one attached hydrogen (secondary N) is 1. The van der Waals surface area contributed by atoms with Crippen LogP contribution in [0.1, 0.15) is 6.42 Å². The van der Waals surface area contributed by atoms with Crippen LogP contribution in [-0.4, -0.2) is 63.7 Å². The van der Waals surface area contributed by atoms with E-state index >= 15 is 0 Å². The zero-order valence-electron chi connectivity index (χ0n) is 12.1. The fourth-order valence-electron chi connectivity index (χ4n) is 1.64. The summed E-state index contributed by atoms with van der Waals surface area (Å²) in [6, 6.07) is 0.329. The summed E-state index contributed by atoms with van der Waals surface area (Å²) in [7, 11) is 2.14. The van der Waals surface area contributed by atoms with E-state index in [-0.39, 0.29) is 6.03 Å². The molecule has 0 radical (unpaired) electrons. The van der Waals surface area contributed by atoms with Crippen molar-refractivity contribution in [2.45, 2.75) is 17.6 Å². The van der Waals surface area contributed by atoms with Gasteiger partial charge in [0.05, 0.1) is 0 Å². The molecule has 0 unspecified atom stereocenters. The molecule has 10 heteroatoms. The second-order valence-corrected chi connectivity index (χ2v) is 7.65. The Labute approximate surface area is 123 Å². The lowest BCUT2D eigenvalue weighted by molar-refractivity contribution is 0.123. The lowest BCUT2D eigenvalue weighted by Crippen LogP contribution is -2.43. The van der Waals surface area contributed by atoms with Gasteiger partial charge in [-0.1, -0.05) is 11.8 Å². The van der Waals surface area contributed by atoms with Gasteiger partial charge in [-0.25, -0.2) is 9.78 Å². The van der Waals surface area contributed by atoms with E-state index in [1.807, 2.05) is 6.26 Å². The Morgan fingerprint density at radius 1 is 1.40 bits per heavy atom. The third-order valence-corrected chi connectivity index (χ3v) is 6.24. The fourth-order valence-corrected chi connectivity index (χ4v) is 3.82. The first-order chi connectivity index (χ1) is 9.62. The van der Waals surface area contributed by atoms with E-state index in [2.05, 4.69) is 15.4 Å². The standard InChI is InChI=1S/C10H20N4O4SSi/c1-16-20(17-2,18-3)7-5-6-11-9(15)14-10(19-4)12-8-13-14/h8H,5-7H2,1-4H3,(H,11,15). The number of hydrogen-bond acceptors (Lipinski definition) is 7. The van der Waals surface area contributed by atoms with E-state index in [4.69, 9.17) is 13.3 Å². The van der Waals surface area contributed by atoms with Crippen LogP contribution in [0.15, 0.2) is 11.5 Å². The van der Waals surface area contributed by atoms with Gasteiger partial charge in [-0.15, -0.1) is 5.10 Å². The van der Waals surface area contributed by atoms with Gasteiger partial charge >= 0.3 is 14.8 Å². The van der Waals surface area contributed by atoms with Crippen LogP contribution in [0, 0.1) is 0 Å². The molecule has 1 amide bonds. The predicted molar refractivity (Wildman–Crippen MR) is 76.8 cm³/mol. The highest BCUT2D eigenvalue weighted by Crippen LogP contribution is 2.14. The summed E-state index contributed by atoms with van der Waals surface area (Å²) in [4.78, 5) is 15.8. The Kier molecular flexibility index (Phi) is 7.16. The van der Waals surface area contributed by atoms with E-state index in [0.717, 1.165) is 0 Å². The van der Waals surface area contributed by atoms with Crippen molar-refractivity contribution in [1.29, 1.82) is 0 Å². The van der Waals surface area contributed by atoms with Crippen LogP contribution in [0.5, 0.6) is 0 Å². The summed E-state index contributed by atoms with van der Waals surface area (Å²) in [6.07, 6.45) is 3.88. The van der Waals surface area contributed by atoms with Crippen molar-refractivity contribution >= 4 is 26.6 Å². The molecule has 0 spiro atoms. The van der Waals surface area contributed by atoms with Crippen LogP contribution in [0.2, 0.25) is 6.04 Å². The highest BCUT2D eigenvalue weighted by Gasteiger charge is 2.36. The van der Waals surface area contributed by atoms with Crippen molar-refractivity contribution in [2.24, 2.45) is 0 Å². The van der Waals surface area contributed by atoms with E-state index in [0.29, 0.717) is 24.2 Å². The maximum Gasteiger partial charge on any atom is 0.500 e. The quantitative estimate of drug-likeness (QED) is 0.431. The lowest BCUT2D eigenvalue weighted by atomic mass is 10.5. The summed E-state index contributed by atoms with van der Waals surface area (Å²) in [5, 5.41) is 7.19. The molecular weight excluding hydrogens is 300 g/mol. The largest absolute Gasteiger partial charge is 0.500 e. The maximum absolute atomic E-state index is 11.9. The topological polar surface area (TPSA) is 87.5 Å². The molecule has 0 atom stereocenters. The molecule has 20 heavy (non-hydrogen) atoms. The maximum atomic E-state index is 11.9. The minimum Gasteiger partial charge on any atom is -0.377 e. The molecule has 1 aromatic rings. The average molecular weight is 320 g/mol. The van der Waals surface area contributed by atoms with Crippen LogP contribution in [0.3, 0.4) is 0 Å². The summed E-state index contributed by atoms with van der Waals surface area (Å²) < 4.78 is 17.1. The molecule has 1 rings (SSSR count). The monoisotopic (exact) mass is 320 g/mol. The zero-order valence-corrected chi connectivity index (χ0v) is 13.9. The first kappa shape index (κ1) is 17.1. The van der Waals surface area contributed by atoms with Gasteiger partial charge in [0.1, 0.15) is 6.33 Å². The Morgan fingerprint density at radius 2 is 2.05 bits per heavy atom. The third kappa shape index (κ3) is 4.28. The fraction of sp³-hybridized carbons (Fsp3) is 0.700. The van der Waals surface area contributed by atoms with Gasteiger partial charge in [0.2, 0.25) is 0 Å². The van der Waals surface area contributed by atoms with E-state index in [9.17, 15) is 4.79 Å². The molecular formula is C10H20N4O4SSi. The summed E-state index contributed by atoms with van der Waals surface area (Å²) in [5.41, 5.74) is 0. The van der Waals surface area contributed by atoms with Crippen molar-refractivity contribution in [3.63, 3.8) is 0 Å². The smallest absolute Gasteiger partial charge is 0.377 e. The molecule has 0 saturated carbocycles. The second kappa shape index (κ2) is 8.37. The summed E-state index contributed by atoms with van der Waals surface area (Å²) in [5.74, 6) is 0. The number of aromatic nitrogens is 3. The third-order valence-electron chi connectivity index (χ3n) is 2.76. The number of thioether (sulfide) groups is 1. The predicted octanol–water partition coefficient (Wildman–Crippen LogP) is 0.826. The van der Waals surface area contributed by atoms with Gasteiger partial charge in [-0.2, -0.15) is 4.68 Å². The lowest BCUT2D eigenvalue weighted by Gasteiger charge is -2.24. The highest BCUT2D eigenvalue weighted by molar-refractivity contribution is 7.98. The SMILES string of the molecule is CO[Si](CCCNC(=O)n1ncnc1SC)(OC)OC. The molecule has 0 aliphatic carbocycles. The second-order valence-electron chi connectivity index (χ2n) is 3.79. The molecule has 8 nitrogen and oxygen atoms in total. The van der Waals surface area contributed by atoms with Crippen LogP contribution in [0.4, 0.5) is 4.79 Å². The van der Waals surface area contributed by atoms with Crippen molar-refractivity contribution in [2.75, 3.05) is 34.1 Å². The minimum absolute atomic E-state index is 0.300. The van der Waals surface area contributed by atoms with Gasteiger partial charge in [-0.3, -0.25) is 0 Å². The highest BCUT2D eigenvalue weighted by atomic mass is 32.2. The zero-order chi connectivity index (χ0) is 15.0. The van der Waals surface area contributed by atoms with Crippen molar-refractivity contribution < 1.29 is 18.1 Å². The van der Waals surface area contributed by atoms with Gasteiger partial charge in [0.15, 0.2) is 5.16 Å². The molecule has 1 heterocycles. The first-order valence-corrected chi connectivity index (χ1v) is 9.15. The Hall–Kier alpha value is -0.943. The molecule has 1 N–H and O–H groups in total. The van der Waals surface area contributed by atoms with E-state index < -0.39 is 8.80 Å². The number of nitrogens with zero attached hydrogens (tertiary/aromatic N) is 3. The number of amides is 1. The van der Waals surface area contributed by atoms with Crippen LogP contribution in [-0.2, 0) is 13.3 Å². The van der Waals surface area contributed by atoms with Crippen LogP contribution >= 0.6 is 11.8 Å². The average Bonchev–Trinajstić information content (AvgIpc) is 2.96. The summed E-state index contributed by atoms with van der Waals surface area (Å²) in [6.45, 7) is 0.483. The van der Waals surface area contributed by atoms with Gasteiger partial charge in [-0.05, 0) is 12.7 Å². The first-order valence-electron chi connectivity index (χ1n) is 6.00. The summed E-state index contributed by atoms with van der Waals surface area (Å²) >= 11 is 1.36. The van der Waals surface area contributed by atoms with Crippen LogP contribution in [0.25, 0.3) is 0 Å². The molecule has 0 saturated heterocycles. The van der Waals surface area contributed by atoms with Gasteiger partial charge in [0.25, 0.3) is 0 Å². The molecule has 0 fully saturated rings. The van der Waals surface area contributed by atoms with Crippen LogP contribution < -0.4 is 5.32 Å². The number of carbonyl (C=O) groups is 1. The molecule has 0 aliphatic rings.